The number of alkyl halides is 3. The summed E-state index contributed by atoms with van der Waals surface area (Å²) in [6.45, 7) is 1.65. The molecular formula is C21H21ClF3N7O4S. The summed E-state index contributed by atoms with van der Waals surface area (Å²) in [6.07, 6.45) is -8.56. The number of carbonyl (C=O) groups is 1. The van der Waals surface area contributed by atoms with E-state index in [1.54, 1.807) is 18.5 Å². The molecule has 0 spiro atoms. The van der Waals surface area contributed by atoms with E-state index in [1.165, 1.54) is 47.2 Å². The Kier molecular flexibility index (Phi) is 7.68. The lowest BCUT2D eigenvalue weighted by atomic mass is 10.2. The molecular weight excluding hydrogens is 539 g/mol. The highest BCUT2D eigenvalue weighted by atomic mass is 35.5. The van der Waals surface area contributed by atoms with Crippen molar-refractivity contribution in [1.82, 2.24) is 29.7 Å². The summed E-state index contributed by atoms with van der Waals surface area (Å²) in [6, 6.07) is 6.09. The molecule has 0 fully saturated rings. The van der Waals surface area contributed by atoms with Crippen LogP contribution in [0.5, 0.6) is 0 Å². The van der Waals surface area contributed by atoms with Gasteiger partial charge in [-0.1, -0.05) is 11.6 Å². The normalized spacial score (nSPS) is 17.6. The minimum atomic E-state index is -4.91. The van der Waals surface area contributed by atoms with Crippen LogP contribution in [-0.2, 0) is 16.1 Å². The first-order chi connectivity index (χ1) is 17.4. The largest absolute Gasteiger partial charge is 0.455 e. The van der Waals surface area contributed by atoms with Gasteiger partial charge < -0.3 is 19.8 Å². The number of rotatable bonds is 8. The van der Waals surface area contributed by atoms with E-state index in [9.17, 15) is 28.2 Å². The number of halogens is 4. The molecule has 2 N–H and O–H groups in total. The molecule has 3 aromatic rings. The molecule has 0 radical (unpaired) electrons. The van der Waals surface area contributed by atoms with Gasteiger partial charge in [-0.25, -0.2) is 15.0 Å². The van der Waals surface area contributed by atoms with E-state index >= 15 is 0 Å². The van der Waals surface area contributed by atoms with Gasteiger partial charge in [-0.05, 0) is 31.2 Å². The molecule has 1 aliphatic heterocycles. The molecule has 1 unspecified atom stereocenters. The Hall–Kier alpha value is -3.27. The maximum Gasteiger partial charge on any atom is 0.416 e. The van der Waals surface area contributed by atoms with Crippen LogP contribution in [0.1, 0.15) is 37.2 Å². The molecule has 37 heavy (non-hydrogen) atoms. The van der Waals surface area contributed by atoms with Crippen LogP contribution in [0, 0.1) is 0 Å². The Bertz CT molecular complexity index is 1270. The third-order valence-corrected chi connectivity index (χ3v) is 6.18. The van der Waals surface area contributed by atoms with Gasteiger partial charge in [0.15, 0.2) is 29.7 Å². The number of aliphatic hydroxyl groups excluding tert-OH is 2. The standard InChI is InChI=1S/C21H21ClF3N7O4S/c1-11(36-12(2)33)17-27-16(28-32(17)19-26-7-8-37-19)10-31-20(35)30(9-15(34)21(23,24)25)18(29-31)13-3-5-14(22)6-4-13/h3-8,11,15,20,34-35H,9-10H2,1-2H3/t11-,15-,20?/m0/s1. The summed E-state index contributed by atoms with van der Waals surface area (Å²) in [5.74, 6) is -0.171. The smallest absolute Gasteiger partial charge is 0.416 e. The molecule has 0 aliphatic carbocycles. The Morgan fingerprint density at radius 2 is 2.00 bits per heavy atom. The summed E-state index contributed by atoms with van der Waals surface area (Å²) >= 11 is 7.18. The Morgan fingerprint density at radius 3 is 2.59 bits per heavy atom. The molecule has 16 heteroatoms. The van der Waals surface area contributed by atoms with E-state index < -0.39 is 37.3 Å². The van der Waals surface area contributed by atoms with Gasteiger partial charge in [-0.2, -0.15) is 23.0 Å². The highest BCUT2D eigenvalue weighted by Crippen LogP contribution is 2.28. The van der Waals surface area contributed by atoms with E-state index in [4.69, 9.17) is 16.3 Å². The number of thiazole rings is 1. The fourth-order valence-electron chi connectivity index (χ4n) is 3.52. The average Bonchev–Trinajstić information content (AvgIpc) is 3.55. The van der Waals surface area contributed by atoms with E-state index in [-0.39, 0.29) is 24.0 Å². The summed E-state index contributed by atoms with van der Waals surface area (Å²) in [5, 5.41) is 32.9. The first kappa shape index (κ1) is 26.8. The number of nitrogens with zero attached hydrogens (tertiary/aromatic N) is 7. The van der Waals surface area contributed by atoms with Gasteiger partial charge >= 0.3 is 12.1 Å². The van der Waals surface area contributed by atoms with Gasteiger partial charge in [0.1, 0.15) is 6.54 Å². The summed E-state index contributed by atoms with van der Waals surface area (Å²) < 4.78 is 45.9. The van der Waals surface area contributed by atoms with Crippen molar-refractivity contribution in [3.05, 3.63) is 58.1 Å². The topological polar surface area (TPSA) is 129 Å². The van der Waals surface area contributed by atoms with Crippen molar-refractivity contribution in [2.75, 3.05) is 6.54 Å². The van der Waals surface area contributed by atoms with Crippen molar-refractivity contribution in [2.24, 2.45) is 5.10 Å². The first-order valence-corrected chi connectivity index (χ1v) is 12.0. The minimum Gasteiger partial charge on any atom is -0.455 e. The molecule has 2 aromatic heterocycles. The number of β-amino-alcohol motifs (C(OH)–C–C–N with tert-alkyl or cyclic N) is 1. The third-order valence-electron chi connectivity index (χ3n) is 5.18. The lowest BCUT2D eigenvalue weighted by Crippen LogP contribution is -2.49. The van der Waals surface area contributed by atoms with Crippen molar-refractivity contribution < 1.29 is 32.9 Å². The minimum absolute atomic E-state index is 0.0136. The van der Waals surface area contributed by atoms with Crippen molar-refractivity contribution in [2.45, 2.75) is 45.1 Å². The number of aliphatic hydroxyl groups is 2. The van der Waals surface area contributed by atoms with Gasteiger partial charge in [0, 0.05) is 29.1 Å². The second-order valence-corrected chi connectivity index (χ2v) is 9.26. The van der Waals surface area contributed by atoms with Crippen LogP contribution in [0.25, 0.3) is 5.13 Å². The van der Waals surface area contributed by atoms with Crippen LogP contribution in [-0.4, -0.2) is 76.9 Å². The van der Waals surface area contributed by atoms with Crippen molar-refractivity contribution >= 4 is 34.7 Å². The number of esters is 1. The zero-order valence-electron chi connectivity index (χ0n) is 19.4. The van der Waals surface area contributed by atoms with Crippen LogP contribution >= 0.6 is 22.9 Å². The van der Waals surface area contributed by atoms with Crippen LogP contribution in [0.4, 0.5) is 13.2 Å². The molecule has 0 saturated heterocycles. The SMILES string of the molecule is CC(=O)O[C@@H](C)c1nc(CN2N=C(c3ccc(Cl)cc3)N(C[C@H](O)C(F)(F)F)C2O)nn1-c1nccs1. The number of hydrogen-bond donors (Lipinski definition) is 2. The number of hydrogen-bond acceptors (Lipinski definition) is 11. The van der Waals surface area contributed by atoms with Gasteiger partial charge in [0.05, 0.1) is 6.54 Å². The summed E-state index contributed by atoms with van der Waals surface area (Å²) in [7, 11) is 0. The zero-order chi connectivity index (χ0) is 26.9. The Morgan fingerprint density at radius 1 is 1.30 bits per heavy atom. The molecule has 1 aromatic carbocycles. The van der Waals surface area contributed by atoms with Crippen LogP contribution < -0.4 is 0 Å². The quantitative estimate of drug-likeness (QED) is 0.400. The van der Waals surface area contributed by atoms with Crippen molar-refractivity contribution in [3.8, 4) is 5.13 Å². The molecule has 11 nitrogen and oxygen atoms in total. The lowest BCUT2D eigenvalue weighted by molar-refractivity contribution is -0.212. The van der Waals surface area contributed by atoms with Crippen LogP contribution in [0.15, 0.2) is 40.9 Å². The molecule has 0 bridgehead atoms. The second kappa shape index (κ2) is 10.6. The molecule has 0 amide bonds. The molecule has 4 rings (SSSR count). The summed E-state index contributed by atoms with van der Waals surface area (Å²) in [5.41, 5.74) is 0.366. The van der Waals surface area contributed by atoms with Gasteiger partial charge in [-0.15, -0.1) is 16.4 Å². The maximum absolute atomic E-state index is 13.1. The Balaban J connectivity index is 1.66. The fraction of sp³-hybridized carbons (Fsp3) is 0.381. The van der Waals surface area contributed by atoms with E-state index in [2.05, 4.69) is 20.2 Å². The van der Waals surface area contributed by atoms with E-state index in [0.717, 1.165) is 9.91 Å². The number of amidine groups is 1. The molecule has 3 atom stereocenters. The monoisotopic (exact) mass is 559 g/mol. The average molecular weight is 560 g/mol. The van der Waals surface area contributed by atoms with Crippen molar-refractivity contribution in [3.63, 3.8) is 0 Å². The highest BCUT2D eigenvalue weighted by molar-refractivity contribution is 7.12. The molecule has 3 heterocycles. The predicted molar refractivity (Wildman–Crippen MR) is 126 cm³/mol. The van der Waals surface area contributed by atoms with E-state index in [1.807, 2.05) is 0 Å². The van der Waals surface area contributed by atoms with Gasteiger partial charge in [0.25, 0.3) is 0 Å². The zero-order valence-corrected chi connectivity index (χ0v) is 20.9. The number of hydrazone groups is 1. The van der Waals surface area contributed by atoms with Crippen molar-refractivity contribution in [1.29, 1.82) is 0 Å². The van der Waals surface area contributed by atoms with Gasteiger partial charge in [-0.3, -0.25) is 4.79 Å². The number of carbonyl (C=O) groups excluding carboxylic acids is 1. The highest BCUT2D eigenvalue weighted by Gasteiger charge is 2.43. The first-order valence-electron chi connectivity index (χ1n) is 10.8. The molecule has 1 aliphatic rings. The summed E-state index contributed by atoms with van der Waals surface area (Å²) in [4.78, 5) is 21.0. The molecule has 198 valence electrons. The van der Waals surface area contributed by atoms with Crippen LogP contribution in [0.2, 0.25) is 5.02 Å². The predicted octanol–water partition coefficient (Wildman–Crippen LogP) is 2.68. The van der Waals surface area contributed by atoms with E-state index in [0.29, 0.717) is 15.7 Å². The molecule has 0 saturated carbocycles. The number of aromatic nitrogens is 4. The maximum atomic E-state index is 13.1. The second-order valence-electron chi connectivity index (χ2n) is 7.95. The number of benzene rings is 1. The lowest BCUT2D eigenvalue weighted by Gasteiger charge is -2.29. The Labute approximate surface area is 217 Å². The third kappa shape index (κ3) is 6.01. The number of ether oxygens (including phenoxy) is 1. The fourth-order valence-corrected chi connectivity index (χ4v) is 4.24. The van der Waals surface area contributed by atoms with Crippen LogP contribution in [0.3, 0.4) is 0 Å². The van der Waals surface area contributed by atoms with Gasteiger partial charge in [0.2, 0.25) is 11.5 Å².